The number of rotatable bonds is 8. The van der Waals surface area contributed by atoms with Crippen LogP contribution in [0.4, 0.5) is 4.79 Å². The Morgan fingerprint density at radius 2 is 1.66 bits per heavy atom. The lowest BCUT2D eigenvalue weighted by Gasteiger charge is -2.46. The Bertz CT molecular complexity index is 533. The van der Waals surface area contributed by atoms with Crippen LogP contribution in [0.3, 0.4) is 0 Å². The number of methoxy groups -OCH3 is 3. The normalized spacial score (nSPS) is 37.7. The van der Waals surface area contributed by atoms with Gasteiger partial charge in [-0.25, -0.2) is 4.79 Å². The van der Waals surface area contributed by atoms with Crippen LogP contribution in [-0.2, 0) is 33.2 Å². The second-order valence-corrected chi connectivity index (χ2v) is 7.36. The third kappa shape index (κ3) is 5.90. The van der Waals surface area contributed by atoms with Crippen molar-refractivity contribution in [3.63, 3.8) is 0 Å². The maximum atomic E-state index is 12.3. The molecule has 1 amide bonds. The molecule has 0 radical (unpaired) electrons. The van der Waals surface area contributed by atoms with Gasteiger partial charge >= 0.3 is 6.09 Å². The summed E-state index contributed by atoms with van der Waals surface area (Å²) in [4.78, 5) is 13.8. The zero-order valence-corrected chi connectivity index (χ0v) is 18.2. The molecular formula is C20H35NO8. The molecule has 0 aromatic carbocycles. The van der Waals surface area contributed by atoms with Crippen molar-refractivity contribution < 1.29 is 38.0 Å². The fraction of sp³-hybridized carbons (Fsp3) is 0.850. The van der Waals surface area contributed by atoms with Crippen LogP contribution >= 0.6 is 0 Å². The molecule has 8 atom stereocenters. The van der Waals surface area contributed by atoms with Crippen molar-refractivity contribution in [1.29, 1.82) is 0 Å². The van der Waals surface area contributed by atoms with E-state index in [1.807, 2.05) is 13.8 Å². The average molecular weight is 417 g/mol. The number of likely N-dealkylation sites (N-methyl/N-ethyl adjacent to an activating group) is 1. The van der Waals surface area contributed by atoms with Crippen LogP contribution in [0.15, 0.2) is 12.7 Å². The highest BCUT2D eigenvalue weighted by atomic mass is 16.7. The van der Waals surface area contributed by atoms with E-state index in [-0.39, 0.29) is 49.5 Å². The van der Waals surface area contributed by atoms with E-state index in [1.165, 1.54) is 11.0 Å². The number of hydrogen-bond acceptors (Lipinski definition) is 8. The molecule has 2 aliphatic heterocycles. The molecule has 2 fully saturated rings. The minimum absolute atomic E-state index is 0.148. The van der Waals surface area contributed by atoms with Crippen LogP contribution in [0.25, 0.3) is 0 Å². The molecule has 2 saturated heterocycles. The third-order valence-corrected chi connectivity index (χ3v) is 5.51. The fourth-order valence-corrected chi connectivity index (χ4v) is 4.00. The number of hydrogen-bond donors (Lipinski definition) is 0. The Kier molecular flexibility index (Phi) is 9.32. The molecule has 0 aromatic heterocycles. The summed E-state index contributed by atoms with van der Waals surface area (Å²) >= 11 is 0. The molecule has 2 heterocycles. The van der Waals surface area contributed by atoms with E-state index in [2.05, 4.69) is 6.58 Å². The van der Waals surface area contributed by atoms with Crippen LogP contribution < -0.4 is 0 Å². The minimum Gasteiger partial charge on any atom is -0.445 e. The minimum atomic E-state index is -0.517. The third-order valence-electron chi connectivity index (χ3n) is 5.51. The average Bonchev–Trinajstić information content (AvgIpc) is 2.72. The Morgan fingerprint density at radius 1 is 1.03 bits per heavy atom. The molecule has 0 saturated carbocycles. The maximum Gasteiger partial charge on any atom is 0.410 e. The standard InChI is InChI=1S/C20H35NO8/c1-8-9-26-20(22)21(4)18-12(2)27-17(10-14(18)23-5)29-19-13(3)28-16(25-7)11-15(19)24-6/h8,12-19H,1,9-11H2,2-7H3/t12-,13-,14-,15-,16+,17-,18+,19-/m0/s1. The Hall–Kier alpha value is -1.23. The van der Waals surface area contributed by atoms with Crippen molar-refractivity contribution in [1.82, 2.24) is 4.90 Å². The van der Waals surface area contributed by atoms with Crippen LogP contribution in [0.5, 0.6) is 0 Å². The van der Waals surface area contributed by atoms with Gasteiger partial charge in [-0.2, -0.15) is 0 Å². The van der Waals surface area contributed by atoms with Crippen molar-refractivity contribution in [2.24, 2.45) is 0 Å². The second-order valence-electron chi connectivity index (χ2n) is 7.36. The van der Waals surface area contributed by atoms with Crippen LogP contribution in [0.2, 0.25) is 0 Å². The summed E-state index contributed by atoms with van der Waals surface area (Å²) in [6.07, 6.45) is -0.0761. The molecular weight excluding hydrogens is 382 g/mol. The molecule has 29 heavy (non-hydrogen) atoms. The van der Waals surface area contributed by atoms with Gasteiger partial charge in [-0.15, -0.1) is 0 Å². The summed E-state index contributed by atoms with van der Waals surface area (Å²) in [5, 5.41) is 0. The van der Waals surface area contributed by atoms with Crippen molar-refractivity contribution in [3.05, 3.63) is 12.7 Å². The van der Waals surface area contributed by atoms with Gasteiger partial charge in [0.2, 0.25) is 0 Å². The number of nitrogens with zero attached hydrogens (tertiary/aromatic N) is 1. The molecule has 0 unspecified atom stereocenters. The van der Waals surface area contributed by atoms with Gasteiger partial charge in [0.1, 0.15) is 12.7 Å². The van der Waals surface area contributed by atoms with Crippen LogP contribution in [0.1, 0.15) is 26.7 Å². The topological polar surface area (TPSA) is 84.9 Å². The predicted molar refractivity (Wildman–Crippen MR) is 104 cm³/mol. The predicted octanol–water partition coefficient (Wildman–Crippen LogP) is 1.94. The summed E-state index contributed by atoms with van der Waals surface area (Å²) in [7, 11) is 6.54. The summed E-state index contributed by atoms with van der Waals surface area (Å²) in [6, 6.07) is -0.312. The highest BCUT2D eigenvalue weighted by Crippen LogP contribution is 2.31. The van der Waals surface area contributed by atoms with Gasteiger partial charge in [0, 0.05) is 41.2 Å². The molecule has 0 aromatic rings. The van der Waals surface area contributed by atoms with E-state index in [9.17, 15) is 4.79 Å². The first-order valence-corrected chi connectivity index (χ1v) is 9.91. The number of amides is 1. The second kappa shape index (κ2) is 11.2. The van der Waals surface area contributed by atoms with E-state index < -0.39 is 12.4 Å². The monoisotopic (exact) mass is 417 g/mol. The van der Waals surface area contributed by atoms with Crippen LogP contribution in [-0.4, -0.2) is 95.1 Å². The molecule has 2 rings (SSSR count). The van der Waals surface area contributed by atoms with Crippen LogP contribution in [0, 0.1) is 0 Å². The van der Waals surface area contributed by atoms with E-state index in [1.54, 1.807) is 28.4 Å². The lowest BCUT2D eigenvalue weighted by molar-refractivity contribution is -0.307. The van der Waals surface area contributed by atoms with Gasteiger partial charge in [-0.3, -0.25) is 0 Å². The summed E-state index contributed by atoms with van der Waals surface area (Å²) < 4.78 is 39.9. The largest absolute Gasteiger partial charge is 0.445 e. The lowest BCUT2D eigenvalue weighted by Crippen LogP contribution is -2.59. The molecule has 0 spiro atoms. The first-order chi connectivity index (χ1) is 13.9. The number of ether oxygens (including phenoxy) is 7. The van der Waals surface area contributed by atoms with E-state index >= 15 is 0 Å². The fourth-order valence-electron chi connectivity index (χ4n) is 4.00. The van der Waals surface area contributed by atoms with Gasteiger partial charge in [-0.05, 0) is 13.8 Å². The summed E-state index contributed by atoms with van der Waals surface area (Å²) in [5.41, 5.74) is 0. The first-order valence-electron chi connectivity index (χ1n) is 9.91. The first kappa shape index (κ1) is 24.0. The van der Waals surface area contributed by atoms with Gasteiger partial charge in [-0.1, -0.05) is 12.7 Å². The van der Waals surface area contributed by atoms with Gasteiger partial charge in [0.15, 0.2) is 12.6 Å². The van der Waals surface area contributed by atoms with E-state index in [0.717, 1.165) is 0 Å². The lowest BCUT2D eigenvalue weighted by atomic mass is 9.97. The Balaban J connectivity index is 2.03. The SMILES string of the molecule is C=CCOC(=O)N(C)[C@@H]1[C@H](C)O[C@@H](O[C@H]2[C@H](C)O[C@@H](OC)C[C@@H]2OC)C[C@@H]1OC. The Morgan fingerprint density at radius 3 is 2.24 bits per heavy atom. The number of carbonyl (C=O) groups excluding carboxylic acids is 1. The van der Waals surface area contributed by atoms with E-state index in [0.29, 0.717) is 12.8 Å². The van der Waals surface area contributed by atoms with Crippen molar-refractivity contribution in [2.75, 3.05) is 35.0 Å². The van der Waals surface area contributed by atoms with E-state index in [4.69, 9.17) is 33.2 Å². The zero-order chi connectivity index (χ0) is 21.6. The highest BCUT2D eigenvalue weighted by Gasteiger charge is 2.45. The maximum absolute atomic E-state index is 12.3. The Labute approximate surface area is 173 Å². The molecule has 9 nitrogen and oxygen atoms in total. The summed E-state index contributed by atoms with van der Waals surface area (Å²) in [5.74, 6) is 0. The molecule has 9 heteroatoms. The zero-order valence-electron chi connectivity index (χ0n) is 18.2. The summed E-state index contributed by atoms with van der Waals surface area (Å²) in [6.45, 7) is 7.52. The van der Waals surface area contributed by atoms with Crippen molar-refractivity contribution >= 4 is 6.09 Å². The quantitative estimate of drug-likeness (QED) is 0.554. The van der Waals surface area contributed by atoms with Gasteiger partial charge < -0.3 is 38.1 Å². The smallest absolute Gasteiger partial charge is 0.410 e. The van der Waals surface area contributed by atoms with Gasteiger partial charge in [0.05, 0.1) is 30.5 Å². The highest BCUT2D eigenvalue weighted by molar-refractivity contribution is 5.68. The van der Waals surface area contributed by atoms with Crippen molar-refractivity contribution in [2.45, 2.75) is 75.8 Å². The molecule has 0 aliphatic carbocycles. The van der Waals surface area contributed by atoms with Crippen molar-refractivity contribution in [3.8, 4) is 0 Å². The number of carbonyl (C=O) groups is 1. The molecule has 168 valence electrons. The van der Waals surface area contributed by atoms with Gasteiger partial charge in [0.25, 0.3) is 0 Å². The molecule has 0 bridgehead atoms. The molecule has 0 N–H and O–H groups in total. The molecule has 2 aliphatic rings.